The van der Waals surface area contributed by atoms with Gasteiger partial charge in [-0.15, -0.1) is 0 Å². The van der Waals surface area contributed by atoms with Crippen LogP contribution in [-0.4, -0.2) is 29.1 Å². The molecule has 0 aromatic carbocycles. The minimum absolute atomic E-state index is 0.106. The minimum atomic E-state index is -0.559. The molecule has 1 aromatic heterocycles. The Hall–Kier alpha value is -1.62. The number of nitrogens with zero attached hydrogens (tertiary/aromatic N) is 1. The van der Waals surface area contributed by atoms with Crippen molar-refractivity contribution >= 4 is 5.91 Å². The molecule has 5 heteroatoms. The first-order chi connectivity index (χ1) is 7.17. The van der Waals surface area contributed by atoms with Crippen molar-refractivity contribution in [1.82, 2.24) is 10.3 Å². The number of rotatable bonds is 4. The maximum absolute atomic E-state index is 11.1. The van der Waals surface area contributed by atoms with Gasteiger partial charge in [0.15, 0.2) is 6.10 Å². The number of aliphatic hydroxyl groups is 1. The second kappa shape index (κ2) is 5.31. The number of hydrogen-bond acceptors (Lipinski definition) is 4. The van der Waals surface area contributed by atoms with E-state index in [0.717, 1.165) is 0 Å². The summed E-state index contributed by atoms with van der Waals surface area (Å²) in [5.74, 6) is 0.310. The normalized spacial score (nSPS) is 11.9. The zero-order valence-electron chi connectivity index (χ0n) is 8.73. The maximum atomic E-state index is 11.1. The molecule has 1 rings (SSSR count). The topological polar surface area (TPSA) is 71.5 Å². The summed E-state index contributed by atoms with van der Waals surface area (Å²) in [6.45, 7) is 1.55. The molecule has 0 aliphatic rings. The van der Waals surface area contributed by atoms with Gasteiger partial charge in [0.2, 0.25) is 0 Å². The van der Waals surface area contributed by atoms with Crippen LogP contribution in [0, 0.1) is 0 Å². The van der Waals surface area contributed by atoms with E-state index in [9.17, 15) is 4.79 Å². The Kier molecular flexibility index (Phi) is 4.05. The number of amides is 1. The molecule has 15 heavy (non-hydrogen) atoms. The van der Waals surface area contributed by atoms with Crippen LogP contribution in [0.4, 0.5) is 0 Å². The molecule has 0 fully saturated rings. The summed E-state index contributed by atoms with van der Waals surface area (Å²) in [7, 11) is 1.55. The maximum Gasteiger partial charge on any atom is 0.260 e. The van der Waals surface area contributed by atoms with Crippen LogP contribution in [-0.2, 0) is 11.4 Å². The van der Waals surface area contributed by atoms with Crippen molar-refractivity contribution in [2.24, 2.45) is 0 Å². The SMILES string of the molecule is CNC(=O)C(C)Oc1ccc(CO)nc1. The molecule has 1 heterocycles. The summed E-state index contributed by atoms with van der Waals surface area (Å²) < 4.78 is 5.31. The number of aliphatic hydroxyl groups excluding tert-OH is 1. The standard InChI is InChI=1S/C10H14N2O3/c1-7(10(14)11-2)15-9-4-3-8(6-13)12-5-9/h3-5,7,13H,6H2,1-2H3,(H,11,14). The van der Waals surface area contributed by atoms with E-state index in [2.05, 4.69) is 10.3 Å². The van der Waals surface area contributed by atoms with Gasteiger partial charge in [-0.25, -0.2) is 0 Å². The predicted octanol–water partition coefficient (Wildman–Crippen LogP) is 0.0872. The number of ether oxygens (including phenoxy) is 1. The lowest BCUT2D eigenvalue weighted by Gasteiger charge is -2.12. The third-order valence-corrected chi connectivity index (χ3v) is 1.89. The Morgan fingerprint density at radius 3 is 2.87 bits per heavy atom. The van der Waals surface area contributed by atoms with Gasteiger partial charge in [-0.1, -0.05) is 0 Å². The number of carbonyl (C=O) groups is 1. The van der Waals surface area contributed by atoms with Crippen LogP contribution in [0.15, 0.2) is 18.3 Å². The number of likely N-dealkylation sites (N-methyl/N-ethyl adjacent to an activating group) is 1. The van der Waals surface area contributed by atoms with Gasteiger partial charge in [-0.05, 0) is 19.1 Å². The third-order valence-electron chi connectivity index (χ3n) is 1.89. The van der Waals surface area contributed by atoms with Crippen molar-refractivity contribution in [1.29, 1.82) is 0 Å². The molecule has 82 valence electrons. The van der Waals surface area contributed by atoms with E-state index in [-0.39, 0.29) is 12.5 Å². The largest absolute Gasteiger partial charge is 0.479 e. The Morgan fingerprint density at radius 2 is 2.40 bits per heavy atom. The summed E-state index contributed by atoms with van der Waals surface area (Å²) >= 11 is 0. The van der Waals surface area contributed by atoms with Crippen molar-refractivity contribution in [2.45, 2.75) is 19.6 Å². The summed E-state index contributed by atoms with van der Waals surface area (Å²) in [5, 5.41) is 11.3. The summed E-state index contributed by atoms with van der Waals surface area (Å²) in [5.41, 5.74) is 0.565. The molecule has 1 atom stereocenters. The highest BCUT2D eigenvalue weighted by atomic mass is 16.5. The minimum Gasteiger partial charge on any atom is -0.479 e. The molecule has 0 radical (unpaired) electrons. The molecular formula is C10H14N2O3. The first-order valence-electron chi connectivity index (χ1n) is 4.61. The average molecular weight is 210 g/mol. The van der Waals surface area contributed by atoms with Crippen LogP contribution in [0.1, 0.15) is 12.6 Å². The lowest BCUT2D eigenvalue weighted by Crippen LogP contribution is -2.33. The fourth-order valence-electron chi connectivity index (χ4n) is 1.04. The van der Waals surface area contributed by atoms with Gasteiger partial charge < -0.3 is 15.2 Å². The van der Waals surface area contributed by atoms with E-state index in [0.29, 0.717) is 11.4 Å². The summed E-state index contributed by atoms with van der Waals surface area (Å²) in [6.07, 6.45) is 0.919. The molecule has 0 bridgehead atoms. The van der Waals surface area contributed by atoms with Crippen LogP contribution in [0.2, 0.25) is 0 Å². The van der Waals surface area contributed by atoms with E-state index in [1.54, 1.807) is 26.1 Å². The zero-order chi connectivity index (χ0) is 11.3. The molecule has 0 saturated carbocycles. The molecule has 1 amide bonds. The first kappa shape index (κ1) is 11.5. The Labute approximate surface area is 88.1 Å². The molecule has 1 unspecified atom stereocenters. The van der Waals surface area contributed by atoms with Crippen molar-refractivity contribution in [3.8, 4) is 5.75 Å². The van der Waals surface area contributed by atoms with E-state index < -0.39 is 6.10 Å². The van der Waals surface area contributed by atoms with Gasteiger partial charge in [0.1, 0.15) is 5.75 Å². The molecule has 0 aliphatic carbocycles. The van der Waals surface area contributed by atoms with Gasteiger partial charge in [0.25, 0.3) is 5.91 Å². The van der Waals surface area contributed by atoms with Gasteiger partial charge in [-0.3, -0.25) is 9.78 Å². The fraction of sp³-hybridized carbons (Fsp3) is 0.400. The highest BCUT2D eigenvalue weighted by Crippen LogP contribution is 2.11. The number of carbonyl (C=O) groups excluding carboxylic acids is 1. The van der Waals surface area contributed by atoms with E-state index >= 15 is 0 Å². The van der Waals surface area contributed by atoms with Gasteiger partial charge in [-0.2, -0.15) is 0 Å². The van der Waals surface area contributed by atoms with Crippen molar-refractivity contribution < 1.29 is 14.6 Å². The first-order valence-corrected chi connectivity index (χ1v) is 4.61. The predicted molar refractivity (Wildman–Crippen MR) is 54.3 cm³/mol. The number of aromatic nitrogens is 1. The van der Waals surface area contributed by atoms with Crippen LogP contribution in [0.3, 0.4) is 0 Å². The van der Waals surface area contributed by atoms with Crippen LogP contribution >= 0.6 is 0 Å². The molecule has 5 nitrogen and oxygen atoms in total. The van der Waals surface area contributed by atoms with Crippen LogP contribution < -0.4 is 10.1 Å². The molecule has 1 aromatic rings. The lowest BCUT2D eigenvalue weighted by molar-refractivity contribution is -0.126. The molecule has 2 N–H and O–H groups in total. The zero-order valence-corrected chi connectivity index (χ0v) is 8.73. The molecule has 0 aliphatic heterocycles. The van der Waals surface area contributed by atoms with E-state index in [4.69, 9.17) is 9.84 Å². The monoisotopic (exact) mass is 210 g/mol. The second-order valence-electron chi connectivity index (χ2n) is 3.02. The second-order valence-corrected chi connectivity index (χ2v) is 3.02. The Balaban J connectivity index is 2.60. The highest BCUT2D eigenvalue weighted by molar-refractivity contribution is 5.80. The quantitative estimate of drug-likeness (QED) is 0.738. The van der Waals surface area contributed by atoms with Crippen molar-refractivity contribution in [2.75, 3.05) is 7.05 Å². The Bertz CT molecular complexity index is 324. The summed E-state index contributed by atoms with van der Waals surface area (Å²) in [6, 6.07) is 3.31. The molecular weight excluding hydrogens is 196 g/mol. The van der Waals surface area contributed by atoms with Crippen molar-refractivity contribution in [3.63, 3.8) is 0 Å². The smallest absolute Gasteiger partial charge is 0.260 e. The lowest BCUT2D eigenvalue weighted by atomic mass is 10.3. The molecule has 0 spiro atoms. The third kappa shape index (κ3) is 3.21. The van der Waals surface area contributed by atoms with E-state index in [1.807, 2.05) is 0 Å². The van der Waals surface area contributed by atoms with Crippen LogP contribution in [0.25, 0.3) is 0 Å². The number of hydrogen-bond donors (Lipinski definition) is 2. The molecule has 0 saturated heterocycles. The average Bonchev–Trinajstić information content (AvgIpc) is 2.29. The Morgan fingerprint density at radius 1 is 1.67 bits per heavy atom. The summed E-state index contributed by atoms with van der Waals surface area (Å²) in [4.78, 5) is 15.1. The highest BCUT2D eigenvalue weighted by Gasteiger charge is 2.12. The van der Waals surface area contributed by atoms with E-state index in [1.165, 1.54) is 6.20 Å². The fourth-order valence-corrected chi connectivity index (χ4v) is 1.04. The van der Waals surface area contributed by atoms with Gasteiger partial charge >= 0.3 is 0 Å². The van der Waals surface area contributed by atoms with Gasteiger partial charge in [0.05, 0.1) is 18.5 Å². The number of pyridine rings is 1. The van der Waals surface area contributed by atoms with Crippen LogP contribution in [0.5, 0.6) is 5.75 Å². The van der Waals surface area contributed by atoms with Gasteiger partial charge in [0, 0.05) is 7.05 Å². The number of nitrogens with one attached hydrogen (secondary N) is 1. The van der Waals surface area contributed by atoms with Crippen molar-refractivity contribution in [3.05, 3.63) is 24.0 Å².